The minimum atomic E-state index is -0.974. The van der Waals surface area contributed by atoms with Crippen molar-refractivity contribution in [1.82, 2.24) is 0 Å². The number of carbonyl (C=O) groups excluding carboxylic acids is 1. The second-order valence-electron chi connectivity index (χ2n) is 5.07. The molecule has 0 aliphatic carbocycles. The lowest BCUT2D eigenvalue weighted by Gasteiger charge is -2.23. The van der Waals surface area contributed by atoms with Crippen LogP contribution in [0.15, 0.2) is 24.3 Å². The van der Waals surface area contributed by atoms with Gasteiger partial charge < -0.3 is 10.0 Å². The van der Waals surface area contributed by atoms with E-state index in [9.17, 15) is 9.59 Å². The molecule has 4 nitrogen and oxygen atoms in total. The average Bonchev–Trinajstić information content (AvgIpc) is 2.62. The third-order valence-electron chi connectivity index (χ3n) is 3.52. The molecule has 0 unspecified atom stereocenters. The van der Waals surface area contributed by atoms with Crippen molar-refractivity contribution in [3.05, 3.63) is 35.4 Å². The smallest absolute Gasteiger partial charge is 0.328 e. The molecule has 2 rings (SSSR count). The maximum atomic E-state index is 12.2. The predicted octanol–water partition coefficient (Wildman–Crippen LogP) is 3.00. The van der Waals surface area contributed by atoms with Gasteiger partial charge in [-0.15, -0.1) is 0 Å². The van der Waals surface area contributed by atoms with E-state index in [4.69, 9.17) is 5.11 Å². The van der Waals surface area contributed by atoms with E-state index in [1.54, 1.807) is 6.08 Å². The van der Waals surface area contributed by atoms with Crippen LogP contribution in [0.4, 0.5) is 5.69 Å². The summed E-state index contributed by atoms with van der Waals surface area (Å²) in [5.74, 6) is -0.817. The highest BCUT2D eigenvalue weighted by molar-refractivity contribution is 5.95. The van der Waals surface area contributed by atoms with E-state index >= 15 is 0 Å². The van der Waals surface area contributed by atoms with Gasteiger partial charge in [0.15, 0.2) is 0 Å². The van der Waals surface area contributed by atoms with Crippen molar-refractivity contribution < 1.29 is 14.7 Å². The summed E-state index contributed by atoms with van der Waals surface area (Å²) in [6.45, 7) is 2.71. The maximum absolute atomic E-state index is 12.2. The normalized spacial score (nSPS) is 16.4. The van der Waals surface area contributed by atoms with Crippen molar-refractivity contribution in [2.45, 2.75) is 32.6 Å². The first kappa shape index (κ1) is 14.3. The summed E-state index contributed by atoms with van der Waals surface area (Å²) in [6.07, 6.45) is 6.30. The predicted molar refractivity (Wildman–Crippen MR) is 78.7 cm³/mol. The first-order valence-corrected chi connectivity index (χ1v) is 6.90. The quantitative estimate of drug-likeness (QED) is 0.861. The second kappa shape index (κ2) is 6.37. The van der Waals surface area contributed by atoms with Crippen molar-refractivity contribution in [3.8, 4) is 0 Å². The van der Waals surface area contributed by atoms with Crippen LogP contribution in [-0.2, 0) is 9.59 Å². The third-order valence-corrected chi connectivity index (χ3v) is 3.52. The number of aliphatic carboxylic acids is 1. The maximum Gasteiger partial charge on any atom is 0.328 e. The van der Waals surface area contributed by atoms with Gasteiger partial charge in [0.05, 0.1) is 0 Å². The Balaban J connectivity index is 2.31. The number of benzene rings is 1. The van der Waals surface area contributed by atoms with Gasteiger partial charge in [0, 0.05) is 24.7 Å². The van der Waals surface area contributed by atoms with Gasteiger partial charge in [0.1, 0.15) is 0 Å². The Morgan fingerprint density at radius 2 is 2.10 bits per heavy atom. The molecule has 20 heavy (non-hydrogen) atoms. The Kier molecular flexibility index (Phi) is 4.56. The zero-order chi connectivity index (χ0) is 14.5. The molecule has 1 aliphatic rings. The molecule has 0 bridgehead atoms. The molecular formula is C16H19NO3. The minimum absolute atomic E-state index is 0.157. The summed E-state index contributed by atoms with van der Waals surface area (Å²) in [6, 6.07) is 5.67. The van der Waals surface area contributed by atoms with E-state index in [0.29, 0.717) is 6.42 Å². The Bertz CT molecular complexity index is 549. The number of hydrogen-bond donors (Lipinski definition) is 1. The standard InChI is InChI=1S/C16H19NO3/c1-12-6-7-13(8-9-16(19)20)11-14(12)17-10-4-2-3-5-15(17)18/h6-9,11H,2-5,10H2,1H3,(H,19,20). The van der Waals surface area contributed by atoms with Crippen LogP contribution in [0.25, 0.3) is 6.08 Å². The fraction of sp³-hybridized carbons (Fsp3) is 0.375. The van der Waals surface area contributed by atoms with Crippen LogP contribution in [0.2, 0.25) is 0 Å². The molecule has 1 fully saturated rings. The number of rotatable bonds is 3. The lowest BCUT2D eigenvalue weighted by molar-refractivity contribution is -0.131. The highest BCUT2D eigenvalue weighted by Crippen LogP contribution is 2.26. The van der Waals surface area contributed by atoms with E-state index in [1.165, 1.54) is 0 Å². The fourth-order valence-corrected chi connectivity index (χ4v) is 2.43. The van der Waals surface area contributed by atoms with E-state index in [1.807, 2.05) is 30.0 Å². The Labute approximate surface area is 118 Å². The third kappa shape index (κ3) is 3.47. The molecule has 106 valence electrons. The summed E-state index contributed by atoms with van der Waals surface area (Å²) in [7, 11) is 0. The van der Waals surface area contributed by atoms with E-state index in [-0.39, 0.29) is 5.91 Å². The summed E-state index contributed by atoms with van der Waals surface area (Å²) >= 11 is 0. The molecule has 1 aliphatic heterocycles. The van der Waals surface area contributed by atoms with E-state index < -0.39 is 5.97 Å². The second-order valence-corrected chi connectivity index (χ2v) is 5.07. The molecule has 1 aromatic rings. The first-order chi connectivity index (χ1) is 9.58. The van der Waals surface area contributed by atoms with Gasteiger partial charge in [-0.05, 0) is 43.0 Å². The number of carboxylic acids is 1. The molecule has 1 saturated heterocycles. The number of carboxylic acid groups (broad SMARTS) is 1. The van der Waals surface area contributed by atoms with Crippen LogP contribution >= 0.6 is 0 Å². The van der Waals surface area contributed by atoms with Crippen LogP contribution in [0.5, 0.6) is 0 Å². The van der Waals surface area contributed by atoms with Gasteiger partial charge in [0.2, 0.25) is 5.91 Å². The number of anilines is 1. The number of aryl methyl sites for hydroxylation is 1. The van der Waals surface area contributed by atoms with Gasteiger partial charge in [-0.25, -0.2) is 4.79 Å². The molecule has 0 atom stereocenters. The van der Waals surface area contributed by atoms with Gasteiger partial charge >= 0.3 is 5.97 Å². The van der Waals surface area contributed by atoms with Gasteiger partial charge in [-0.3, -0.25) is 4.79 Å². The van der Waals surface area contributed by atoms with Crippen LogP contribution in [0.3, 0.4) is 0 Å². The molecule has 0 saturated carbocycles. The molecule has 1 amide bonds. The molecule has 0 spiro atoms. The fourth-order valence-electron chi connectivity index (χ4n) is 2.43. The Morgan fingerprint density at radius 3 is 2.85 bits per heavy atom. The van der Waals surface area contributed by atoms with Crippen LogP contribution in [-0.4, -0.2) is 23.5 Å². The SMILES string of the molecule is Cc1ccc(C=CC(=O)O)cc1N1CCCCCC1=O. The average molecular weight is 273 g/mol. The van der Waals surface area contributed by atoms with Crippen molar-refractivity contribution in [1.29, 1.82) is 0 Å². The highest BCUT2D eigenvalue weighted by Gasteiger charge is 2.19. The number of hydrogen-bond acceptors (Lipinski definition) is 2. The monoisotopic (exact) mass is 273 g/mol. The first-order valence-electron chi connectivity index (χ1n) is 6.90. The Hall–Kier alpha value is -2.10. The summed E-state index contributed by atoms with van der Waals surface area (Å²) in [4.78, 5) is 24.6. The largest absolute Gasteiger partial charge is 0.478 e. The summed E-state index contributed by atoms with van der Waals surface area (Å²) in [5.41, 5.74) is 2.72. The van der Waals surface area contributed by atoms with Crippen molar-refractivity contribution in [2.24, 2.45) is 0 Å². The number of carbonyl (C=O) groups is 2. The summed E-state index contributed by atoms with van der Waals surface area (Å²) in [5, 5.41) is 8.68. The van der Waals surface area contributed by atoms with Crippen molar-refractivity contribution in [3.63, 3.8) is 0 Å². The van der Waals surface area contributed by atoms with Crippen molar-refractivity contribution >= 4 is 23.6 Å². The molecule has 0 aromatic heterocycles. The lowest BCUT2D eigenvalue weighted by Crippen LogP contribution is -2.30. The minimum Gasteiger partial charge on any atom is -0.478 e. The van der Waals surface area contributed by atoms with Crippen LogP contribution in [0, 0.1) is 6.92 Å². The molecule has 1 N–H and O–H groups in total. The zero-order valence-corrected chi connectivity index (χ0v) is 11.6. The van der Waals surface area contributed by atoms with Crippen molar-refractivity contribution in [2.75, 3.05) is 11.4 Å². The van der Waals surface area contributed by atoms with Gasteiger partial charge in [-0.2, -0.15) is 0 Å². The summed E-state index contributed by atoms with van der Waals surface area (Å²) < 4.78 is 0. The molecule has 4 heteroatoms. The molecule has 1 heterocycles. The van der Waals surface area contributed by atoms with Gasteiger partial charge in [0.25, 0.3) is 0 Å². The number of nitrogens with zero attached hydrogens (tertiary/aromatic N) is 1. The van der Waals surface area contributed by atoms with E-state index in [2.05, 4.69) is 0 Å². The topological polar surface area (TPSA) is 57.6 Å². The van der Waals surface area contributed by atoms with E-state index in [0.717, 1.165) is 48.7 Å². The molecular weight excluding hydrogens is 254 g/mol. The lowest BCUT2D eigenvalue weighted by atomic mass is 10.1. The Morgan fingerprint density at radius 1 is 1.30 bits per heavy atom. The number of amides is 1. The van der Waals surface area contributed by atoms with Crippen LogP contribution < -0.4 is 4.90 Å². The van der Waals surface area contributed by atoms with Crippen LogP contribution in [0.1, 0.15) is 36.8 Å². The molecule has 0 radical (unpaired) electrons. The highest BCUT2D eigenvalue weighted by atomic mass is 16.4. The molecule has 1 aromatic carbocycles. The zero-order valence-electron chi connectivity index (χ0n) is 11.6. The van der Waals surface area contributed by atoms with Gasteiger partial charge in [-0.1, -0.05) is 18.6 Å².